The monoisotopic (exact) mass is 693 g/mol. The lowest BCUT2D eigenvalue weighted by atomic mass is 9.98. The van der Waals surface area contributed by atoms with Gasteiger partial charge in [0.15, 0.2) is 0 Å². The van der Waals surface area contributed by atoms with Crippen LogP contribution in [0, 0.1) is 0 Å². The number of hydrogen-bond donors (Lipinski definition) is 0. The minimum absolute atomic E-state index is 0.890. The van der Waals surface area contributed by atoms with Crippen molar-refractivity contribution in [1.29, 1.82) is 0 Å². The van der Waals surface area contributed by atoms with Crippen LogP contribution in [0.5, 0.6) is 0 Å². The number of nitrogens with zero attached hydrogens (tertiary/aromatic N) is 1. The molecule has 0 atom stereocenters. The molecule has 2 heterocycles. The lowest BCUT2D eigenvalue weighted by Crippen LogP contribution is -2.09. The number of para-hydroxylation sites is 1. The minimum atomic E-state index is 0.890. The Labute approximate surface area is 310 Å². The van der Waals surface area contributed by atoms with Crippen LogP contribution in [0.1, 0.15) is 0 Å². The van der Waals surface area contributed by atoms with E-state index in [0.717, 1.165) is 39.0 Å². The van der Waals surface area contributed by atoms with Crippen molar-refractivity contribution in [3.8, 4) is 22.3 Å². The average molecular weight is 694 g/mol. The summed E-state index contributed by atoms with van der Waals surface area (Å²) >= 11 is 1.88. The number of hydrogen-bond acceptors (Lipinski definition) is 3. The highest BCUT2D eigenvalue weighted by Gasteiger charge is 2.17. The molecule has 0 N–H and O–H groups in total. The van der Waals surface area contributed by atoms with E-state index in [1.165, 1.54) is 64.0 Å². The van der Waals surface area contributed by atoms with Gasteiger partial charge in [-0.05, 0) is 104 Å². The molecule has 0 saturated heterocycles. The summed E-state index contributed by atoms with van der Waals surface area (Å²) < 4.78 is 8.91. The molecule has 248 valence electrons. The molecule has 0 fully saturated rings. The number of thiophene rings is 1. The fourth-order valence-corrected chi connectivity index (χ4v) is 9.30. The van der Waals surface area contributed by atoms with Gasteiger partial charge in [-0.3, -0.25) is 0 Å². The van der Waals surface area contributed by atoms with Crippen LogP contribution in [0.2, 0.25) is 0 Å². The van der Waals surface area contributed by atoms with Crippen molar-refractivity contribution in [2.75, 3.05) is 4.90 Å². The zero-order valence-corrected chi connectivity index (χ0v) is 29.5. The molecule has 2 nitrogen and oxygen atoms in total. The van der Waals surface area contributed by atoms with Crippen molar-refractivity contribution < 1.29 is 4.42 Å². The molecule has 0 aliphatic heterocycles. The molecule has 2 aromatic heterocycles. The second-order valence-corrected chi connectivity index (χ2v) is 14.8. The van der Waals surface area contributed by atoms with E-state index < -0.39 is 0 Å². The summed E-state index contributed by atoms with van der Waals surface area (Å²) in [7, 11) is 0. The summed E-state index contributed by atoms with van der Waals surface area (Å²) in [6.07, 6.45) is 0. The van der Waals surface area contributed by atoms with E-state index in [9.17, 15) is 0 Å². The van der Waals surface area contributed by atoms with E-state index in [1.54, 1.807) is 0 Å². The van der Waals surface area contributed by atoms with Gasteiger partial charge in [0.2, 0.25) is 0 Å². The van der Waals surface area contributed by atoms with Gasteiger partial charge < -0.3 is 9.32 Å². The molecule has 0 amide bonds. The summed E-state index contributed by atoms with van der Waals surface area (Å²) in [6, 6.07) is 68.0. The first-order valence-corrected chi connectivity index (χ1v) is 18.8. The lowest BCUT2D eigenvalue weighted by molar-refractivity contribution is 0.669. The zero-order chi connectivity index (χ0) is 34.9. The lowest BCUT2D eigenvalue weighted by Gasteiger charge is -2.26. The highest BCUT2D eigenvalue weighted by molar-refractivity contribution is 7.26. The van der Waals surface area contributed by atoms with Crippen molar-refractivity contribution in [2.45, 2.75) is 0 Å². The maximum atomic E-state index is 6.21. The van der Waals surface area contributed by atoms with Gasteiger partial charge in [-0.15, -0.1) is 11.3 Å². The second kappa shape index (κ2) is 11.9. The van der Waals surface area contributed by atoms with Crippen LogP contribution >= 0.6 is 11.3 Å². The standard InChI is InChI=1S/C50H31NOS/c1-2-10-40-33(8-1)9-7-13-41(40)34-18-24-38(25-19-34)51(39-26-29-48-46(31-39)43-11-3-5-14-47(43)52-48)37-22-16-32(17-23-37)35-20-27-42-36(30-35)21-28-45-44-12-4-6-15-49(44)53-50(42)45/h1-31H. The predicted octanol–water partition coefficient (Wildman–Crippen LogP) is 15.1. The Morgan fingerprint density at radius 1 is 0.358 bits per heavy atom. The maximum Gasteiger partial charge on any atom is 0.135 e. The third-order valence-electron chi connectivity index (χ3n) is 10.7. The fourth-order valence-electron chi connectivity index (χ4n) is 8.06. The van der Waals surface area contributed by atoms with E-state index in [1.807, 2.05) is 23.5 Å². The summed E-state index contributed by atoms with van der Waals surface area (Å²) in [4.78, 5) is 2.34. The number of benzene rings is 9. The van der Waals surface area contributed by atoms with Crippen LogP contribution in [0.4, 0.5) is 17.1 Å². The molecule has 0 aliphatic rings. The summed E-state index contributed by atoms with van der Waals surface area (Å²) in [5, 5.41) is 9.98. The number of fused-ring (bicyclic) bond motifs is 9. The van der Waals surface area contributed by atoms with Gasteiger partial charge in [-0.1, -0.05) is 127 Å². The van der Waals surface area contributed by atoms with Crippen LogP contribution in [0.25, 0.3) is 85.9 Å². The molecule has 0 radical (unpaired) electrons. The highest BCUT2D eigenvalue weighted by Crippen LogP contribution is 2.42. The summed E-state index contributed by atoms with van der Waals surface area (Å²) in [5.74, 6) is 0. The van der Waals surface area contributed by atoms with Gasteiger partial charge in [0.1, 0.15) is 11.2 Å². The molecule has 0 bridgehead atoms. The molecule has 0 saturated carbocycles. The maximum absolute atomic E-state index is 6.21. The first-order valence-electron chi connectivity index (χ1n) is 18.0. The van der Waals surface area contributed by atoms with E-state index in [2.05, 4.69) is 181 Å². The highest BCUT2D eigenvalue weighted by atomic mass is 32.1. The average Bonchev–Trinajstić information content (AvgIpc) is 3.80. The molecule has 53 heavy (non-hydrogen) atoms. The molecule has 0 unspecified atom stereocenters. The summed E-state index contributed by atoms with van der Waals surface area (Å²) in [6.45, 7) is 0. The van der Waals surface area contributed by atoms with Crippen molar-refractivity contribution >= 4 is 92.1 Å². The van der Waals surface area contributed by atoms with Crippen LogP contribution in [-0.4, -0.2) is 0 Å². The van der Waals surface area contributed by atoms with Gasteiger partial charge in [-0.25, -0.2) is 0 Å². The molecular formula is C50H31NOS. The number of anilines is 3. The smallest absolute Gasteiger partial charge is 0.135 e. The Morgan fingerprint density at radius 3 is 1.85 bits per heavy atom. The van der Waals surface area contributed by atoms with Crippen LogP contribution in [0.15, 0.2) is 192 Å². The van der Waals surface area contributed by atoms with Crippen molar-refractivity contribution in [3.63, 3.8) is 0 Å². The Morgan fingerprint density at radius 2 is 1.00 bits per heavy atom. The zero-order valence-electron chi connectivity index (χ0n) is 28.7. The summed E-state index contributed by atoms with van der Waals surface area (Å²) in [5.41, 5.74) is 9.88. The third kappa shape index (κ3) is 4.93. The quantitative estimate of drug-likeness (QED) is 0.178. The predicted molar refractivity (Wildman–Crippen MR) is 227 cm³/mol. The minimum Gasteiger partial charge on any atom is -0.456 e. The van der Waals surface area contributed by atoms with Crippen molar-refractivity contribution in [1.82, 2.24) is 0 Å². The first-order chi connectivity index (χ1) is 26.2. The molecule has 11 rings (SSSR count). The Kier molecular flexibility index (Phi) is 6.76. The molecule has 0 spiro atoms. The fraction of sp³-hybridized carbons (Fsp3) is 0. The normalized spacial score (nSPS) is 11.8. The van der Waals surface area contributed by atoms with E-state index in [-0.39, 0.29) is 0 Å². The van der Waals surface area contributed by atoms with Crippen LogP contribution < -0.4 is 4.90 Å². The molecule has 9 aromatic carbocycles. The Bertz CT molecular complexity index is 3160. The topological polar surface area (TPSA) is 16.4 Å². The Hall–Kier alpha value is -6.68. The molecule has 3 heteroatoms. The van der Waals surface area contributed by atoms with Gasteiger partial charge in [0, 0.05) is 48.0 Å². The molecular weight excluding hydrogens is 663 g/mol. The molecule has 11 aromatic rings. The van der Waals surface area contributed by atoms with Gasteiger partial charge in [-0.2, -0.15) is 0 Å². The second-order valence-electron chi connectivity index (χ2n) is 13.7. The molecule has 0 aliphatic carbocycles. The van der Waals surface area contributed by atoms with E-state index in [0.29, 0.717) is 0 Å². The largest absolute Gasteiger partial charge is 0.456 e. The van der Waals surface area contributed by atoms with Gasteiger partial charge >= 0.3 is 0 Å². The van der Waals surface area contributed by atoms with Crippen molar-refractivity contribution in [3.05, 3.63) is 188 Å². The van der Waals surface area contributed by atoms with Crippen LogP contribution in [0.3, 0.4) is 0 Å². The Balaban J connectivity index is 1.01. The van der Waals surface area contributed by atoms with E-state index >= 15 is 0 Å². The van der Waals surface area contributed by atoms with Gasteiger partial charge in [0.25, 0.3) is 0 Å². The third-order valence-corrected chi connectivity index (χ3v) is 11.9. The SMILES string of the molecule is c1ccc2c(-c3ccc(N(c4ccc(-c5ccc6c(ccc7c8ccccc8sc67)c5)cc4)c4ccc5oc6ccccc6c5c4)cc3)cccc2c1. The van der Waals surface area contributed by atoms with Crippen molar-refractivity contribution in [2.24, 2.45) is 0 Å². The number of rotatable bonds is 5. The van der Waals surface area contributed by atoms with Crippen LogP contribution in [-0.2, 0) is 0 Å². The number of furan rings is 1. The van der Waals surface area contributed by atoms with E-state index in [4.69, 9.17) is 4.42 Å². The van der Waals surface area contributed by atoms with Gasteiger partial charge in [0.05, 0.1) is 0 Å². The first kappa shape index (κ1) is 30.0.